The van der Waals surface area contributed by atoms with Gasteiger partial charge in [0.1, 0.15) is 0 Å². The highest BCUT2D eigenvalue weighted by Crippen LogP contribution is 2.18. The highest BCUT2D eigenvalue weighted by atomic mass is 16.5. The van der Waals surface area contributed by atoms with E-state index in [4.69, 9.17) is 15.6 Å². The molecule has 4 nitrogen and oxygen atoms in total. The monoisotopic (exact) mass is 216 g/mol. The second-order valence-electron chi connectivity index (χ2n) is 4.40. The van der Waals surface area contributed by atoms with E-state index in [-0.39, 0.29) is 6.61 Å². The molecule has 0 saturated carbocycles. The van der Waals surface area contributed by atoms with Crippen LogP contribution < -0.4 is 5.73 Å². The Bertz CT molecular complexity index is 165. The van der Waals surface area contributed by atoms with Crippen molar-refractivity contribution in [3.8, 4) is 0 Å². The van der Waals surface area contributed by atoms with Crippen molar-refractivity contribution in [1.82, 2.24) is 4.90 Å². The van der Waals surface area contributed by atoms with E-state index in [9.17, 15) is 0 Å². The summed E-state index contributed by atoms with van der Waals surface area (Å²) >= 11 is 0. The van der Waals surface area contributed by atoms with Crippen molar-refractivity contribution in [3.05, 3.63) is 0 Å². The van der Waals surface area contributed by atoms with Gasteiger partial charge in [-0.05, 0) is 32.2 Å². The topological polar surface area (TPSA) is 58.7 Å². The molecule has 90 valence electrons. The van der Waals surface area contributed by atoms with Gasteiger partial charge in [-0.1, -0.05) is 0 Å². The van der Waals surface area contributed by atoms with E-state index in [0.29, 0.717) is 25.2 Å². The van der Waals surface area contributed by atoms with Crippen LogP contribution in [0.5, 0.6) is 0 Å². The minimum Gasteiger partial charge on any atom is -0.394 e. The summed E-state index contributed by atoms with van der Waals surface area (Å²) in [5, 5.41) is 8.56. The fourth-order valence-corrected chi connectivity index (χ4v) is 2.08. The zero-order valence-corrected chi connectivity index (χ0v) is 9.69. The van der Waals surface area contributed by atoms with E-state index >= 15 is 0 Å². The number of rotatable bonds is 6. The zero-order valence-electron chi connectivity index (χ0n) is 9.69. The maximum atomic E-state index is 8.56. The van der Waals surface area contributed by atoms with Crippen LogP contribution in [0.25, 0.3) is 0 Å². The van der Waals surface area contributed by atoms with Crippen LogP contribution in [0.1, 0.15) is 19.8 Å². The van der Waals surface area contributed by atoms with Gasteiger partial charge in [0.25, 0.3) is 0 Å². The van der Waals surface area contributed by atoms with Crippen molar-refractivity contribution >= 4 is 0 Å². The first-order valence-corrected chi connectivity index (χ1v) is 5.90. The molecule has 1 saturated heterocycles. The lowest BCUT2D eigenvalue weighted by atomic mass is 9.92. The molecule has 0 aromatic heterocycles. The number of aliphatic hydroxyl groups excluding tert-OH is 1. The van der Waals surface area contributed by atoms with Crippen molar-refractivity contribution in [1.29, 1.82) is 0 Å². The van der Waals surface area contributed by atoms with Crippen LogP contribution in [0, 0.1) is 5.92 Å². The average molecular weight is 216 g/mol. The molecule has 3 N–H and O–H groups in total. The Kier molecular flexibility index (Phi) is 6.17. The molecule has 0 radical (unpaired) electrons. The molecule has 0 aromatic carbocycles. The predicted molar refractivity (Wildman–Crippen MR) is 60.7 cm³/mol. The Morgan fingerprint density at radius 1 is 1.53 bits per heavy atom. The molecule has 0 aliphatic carbocycles. The summed E-state index contributed by atoms with van der Waals surface area (Å²) in [6.45, 7) is 6.59. The summed E-state index contributed by atoms with van der Waals surface area (Å²) in [5.41, 5.74) is 5.91. The van der Waals surface area contributed by atoms with Gasteiger partial charge in [-0.15, -0.1) is 0 Å². The third-order valence-electron chi connectivity index (χ3n) is 3.07. The number of piperidine rings is 1. The minimum absolute atomic E-state index is 0.114. The summed E-state index contributed by atoms with van der Waals surface area (Å²) in [5.74, 6) is 0.636. The molecule has 0 spiro atoms. The molecule has 2 unspecified atom stereocenters. The number of nitrogens with zero attached hydrogens (tertiary/aromatic N) is 1. The molecule has 4 heteroatoms. The fourth-order valence-electron chi connectivity index (χ4n) is 2.08. The molecular formula is C11H24N2O2. The predicted octanol–water partition coefficient (Wildman–Crippen LogP) is 0.0545. The van der Waals surface area contributed by atoms with Crippen LogP contribution >= 0.6 is 0 Å². The maximum Gasteiger partial charge on any atom is 0.0698 e. The van der Waals surface area contributed by atoms with Gasteiger partial charge >= 0.3 is 0 Å². The molecule has 0 bridgehead atoms. The Balaban J connectivity index is 2.13. The number of hydrogen-bond donors (Lipinski definition) is 2. The van der Waals surface area contributed by atoms with Crippen molar-refractivity contribution in [3.63, 3.8) is 0 Å². The Morgan fingerprint density at radius 3 is 3.00 bits per heavy atom. The van der Waals surface area contributed by atoms with Crippen LogP contribution in [0.3, 0.4) is 0 Å². The van der Waals surface area contributed by atoms with Crippen molar-refractivity contribution in [2.24, 2.45) is 11.7 Å². The smallest absolute Gasteiger partial charge is 0.0698 e. The summed E-state index contributed by atoms with van der Waals surface area (Å²) in [4.78, 5) is 2.41. The summed E-state index contributed by atoms with van der Waals surface area (Å²) in [7, 11) is 0. The number of likely N-dealkylation sites (tertiary alicyclic amines) is 1. The molecule has 1 heterocycles. The zero-order chi connectivity index (χ0) is 11.1. The molecule has 0 amide bonds. The second-order valence-corrected chi connectivity index (χ2v) is 4.40. The van der Waals surface area contributed by atoms with Gasteiger partial charge in [-0.2, -0.15) is 0 Å². The van der Waals surface area contributed by atoms with Crippen molar-refractivity contribution < 1.29 is 9.84 Å². The van der Waals surface area contributed by atoms with E-state index < -0.39 is 0 Å². The quantitative estimate of drug-likeness (QED) is 0.616. The van der Waals surface area contributed by atoms with Crippen LogP contribution in [0.15, 0.2) is 0 Å². The Morgan fingerprint density at radius 2 is 2.33 bits per heavy atom. The molecular weight excluding hydrogens is 192 g/mol. The molecule has 1 aliphatic heterocycles. The lowest BCUT2D eigenvalue weighted by Gasteiger charge is -2.34. The van der Waals surface area contributed by atoms with Crippen molar-refractivity contribution in [2.45, 2.75) is 25.8 Å². The van der Waals surface area contributed by atoms with E-state index in [1.54, 1.807) is 0 Å². The molecule has 1 rings (SSSR count). The normalized spacial score (nSPS) is 25.4. The highest BCUT2D eigenvalue weighted by molar-refractivity contribution is 4.78. The maximum absolute atomic E-state index is 8.56. The first-order valence-electron chi connectivity index (χ1n) is 5.90. The van der Waals surface area contributed by atoms with Gasteiger partial charge in [0.15, 0.2) is 0 Å². The third kappa shape index (κ3) is 4.93. The van der Waals surface area contributed by atoms with Crippen LogP contribution in [0.2, 0.25) is 0 Å². The SMILES string of the molecule is CC(N)C1CCCN(CCOCCO)C1. The van der Waals surface area contributed by atoms with Gasteiger partial charge < -0.3 is 20.5 Å². The molecule has 2 atom stereocenters. The summed E-state index contributed by atoms with van der Waals surface area (Å²) in [6.07, 6.45) is 2.50. The van der Waals surface area contributed by atoms with Gasteiger partial charge in [0, 0.05) is 19.1 Å². The van der Waals surface area contributed by atoms with Crippen LogP contribution in [-0.4, -0.2) is 55.5 Å². The van der Waals surface area contributed by atoms with Gasteiger partial charge in [-0.3, -0.25) is 0 Å². The first-order chi connectivity index (χ1) is 7.24. The second kappa shape index (κ2) is 7.17. The number of nitrogens with two attached hydrogens (primary N) is 1. The first kappa shape index (κ1) is 12.9. The Labute approximate surface area is 92.4 Å². The number of aliphatic hydroxyl groups is 1. The summed E-state index contributed by atoms with van der Waals surface area (Å²) < 4.78 is 5.26. The Hall–Kier alpha value is -0.160. The lowest BCUT2D eigenvalue weighted by molar-refractivity contribution is 0.0607. The third-order valence-corrected chi connectivity index (χ3v) is 3.07. The van der Waals surface area contributed by atoms with E-state index in [1.165, 1.54) is 12.8 Å². The molecule has 0 aromatic rings. The standard InChI is InChI=1S/C11H24N2O2/c1-10(12)11-3-2-4-13(9-11)5-7-15-8-6-14/h10-11,14H,2-9,12H2,1H3. The van der Waals surface area contributed by atoms with Gasteiger partial charge in [0.2, 0.25) is 0 Å². The van der Waals surface area contributed by atoms with Gasteiger partial charge in [0.05, 0.1) is 19.8 Å². The molecule has 1 aliphatic rings. The highest BCUT2D eigenvalue weighted by Gasteiger charge is 2.21. The largest absolute Gasteiger partial charge is 0.394 e. The molecule has 15 heavy (non-hydrogen) atoms. The van der Waals surface area contributed by atoms with Crippen LogP contribution in [0.4, 0.5) is 0 Å². The van der Waals surface area contributed by atoms with E-state index in [0.717, 1.165) is 19.6 Å². The summed E-state index contributed by atoms with van der Waals surface area (Å²) in [6, 6.07) is 0.297. The van der Waals surface area contributed by atoms with Gasteiger partial charge in [-0.25, -0.2) is 0 Å². The van der Waals surface area contributed by atoms with Crippen LogP contribution in [-0.2, 0) is 4.74 Å². The van der Waals surface area contributed by atoms with E-state index in [2.05, 4.69) is 11.8 Å². The number of ether oxygens (including phenoxy) is 1. The molecule has 1 fully saturated rings. The fraction of sp³-hybridized carbons (Fsp3) is 1.00. The lowest BCUT2D eigenvalue weighted by Crippen LogP contribution is -2.43. The minimum atomic E-state index is 0.114. The number of hydrogen-bond acceptors (Lipinski definition) is 4. The average Bonchev–Trinajstić information content (AvgIpc) is 2.25. The van der Waals surface area contributed by atoms with E-state index in [1.807, 2.05) is 0 Å². The van der Waals surface area contributed by atoms with Crippen molar-refractivity contribution in [2.75, 3.05) is 39.5 Å².